The minimum Gasteiger partial charge on any atom is -0.483 e. The van der Waals surface area contributed by atoms with E-state index in [-0.39, 0.29) is 17.9 Å². The zero-order chi connectivity index (χ0) is 22.5. The van der Waals surface area contributed by atoms with Crippen molar-refractivity contribution in [1.29, 1.82) is 0 Å². The van der Waals surface area contributed by atoms with Crippen LogP contribution in [0.15, 0.2) is 77.6 Å². The van der Waals surface area contributed by atoms with Crippen molar-refractivity contribution in [3.8, 4) is 11.4 Å². The van der Waals surface area contributed by atoms with Gasteiger partial charge in [0.05, 0.1) is 0 Å². The molecule has 162 valence electrons. The first kappa shape index (κ1) is 21.1. The molecule has 0 saturated heterocycles. The number of hydrogen-bond donors (Lipinski definition) is 2. The highest BCUT2D eigenvalue weighted by Crippen LogP contribution is 2.29. The van der Waals surface area contributed by atoms with Crippen LogP contribution in [-0.4, -0.2) is 28.6 Å². The second-order valence-corrected chi connectivity index (χ2v) is 7.26. The number of aromatic nitrogens is 2. The van der Waals surface area contributed by atoms with E-state index in [1.807, 2.05) is 79.1 Å². The van der Waals surface area contributed by atoms with Gasteiger partial charge in [-0.1, -0.05) is 36.4 Å². The molecule has 0 saturated carbocycles. The third-order valence-corrected chi connectivity index (χ3v) is 4.85. The second kappa shape index (κ2) is 9.34. The number of ether oxygens (including phenoxy) is 1. The predicted octanol–water partition coefficient (Wildman–Crippen LogP) is 3.95. The number of rotatable bonds is 7. The fourth-order valence-corrected chi connectivity index (χ4v) is 3.50. The normalized spacial score (nSPS) is 10.7. The van der Waals surface area contributed by atoms with Crippen molar-refractivity contribution >= 4 is 28.4 Å². The van der Waals surface area contributed by atoms with Gasteiger partial charge in [0.15, 0.2) is 17.7 Å². The molecule has 2 N–H and O–H groups in total. The summed E-state index contributed by atoms with van der Waals surface area (Å²) in [6.07, 6.45) is 0. The van der Waals surface area contributed by atoms with Crippen LogP contribution in [0.2, 0.25) is 0 Å². The van der Waals surface area contributed by atoms with Crippen LogP contribution in [0.25, 0.3) is 16.7 Å². The smallest absolute Gasteiger partial charge is 0.257 e. The molecule has 2 heterocycles. The lowest BCUT2D eigenvalue weighted by molar-refractivity contribution is -0.122. The first-order valence-corrected chi connectivity index (χ1v) is 10.4. The molecule has 0 aliphatic rings. The molecule has 32 heavy (non-hydrogen) atoms. The van der Waals surface area contributed by atoms with Gasteiger partial charge in [-0.2, -0.15) is 0 Å². The van der Waals surface area contributed by atoms with Crippen LogP contribution < -0.4 is 20.8 Å². The number of nitrogens with one attached hydrogen (secondary N) is 2. The number of amides is 1. The minimum absolute atomic E-state index is 0.179. The summed E-state index contributed by atoms with van der Waals surface area (Å²) in [6.45, 7) is 3.99. The molecular weight excluding hydrogens is 404 g/mol. The molecule has 4 aromatic rings. The Hall–Kier alpha value is -4.13. The molecule has 0 spiro atoms. The second-order valence-electron chi connectivity index (χ2n) is 7.26. The average molecular weight is 428 g/mol. The summed E-state index contributed by atoms with van der Waals surface area (Å²) in [5.74, 6) is 0.660. The number of nitrogens with zero attached hydrogens (tertiary/aromatic N) is 2. The number of pyridine rings is 2. The highest BCUT2D eigenvalue weighted by molar-refractivity contribution is 5.87. The van der Waals surface area contributed by atoms with Gasteiger partial charge in [-0.05, 0) is 38.1 Å². The number of hydrogen-bond acceptors (Lipinski definition) is 5. The summed E-state index contributed by atoms with van der Waals surface area (Å²) >= 11 is 0. The molecule has 2 aromatic carbocycles. The molecule has 0 aliphatic carbocycles. The van der Waals surface area contributed by atoms with Crippen LogP contribution in [0, 0.1) is 6.92 Å². The molecule has 0 atom stereocenters. The van der Waals surface area contributed by atoms with Gasteiger partial charge in [0.1, 0.15) is 17.0 Å². The average Bonchev–Trinajstić information content (AvgIpc) is 2.79. The summed E-state index contributed by atoms with van der Waals surface area (Å²) in [7, 11) is 0. The Kier molecular flexibility index (Phi) is 6.17. The molecule has 7 heteroatoms. The largest absolute Gasteiger partial charge is 0.483 e. The Labute approximate surface area is 185 Å². The SMILES string of the molecule is CCNC(=O)COc1cc(C)nc2c1c(=O)cc(Nc1ccccc1)n2-c1ccccc1. The van der Waals surface area contributed by atoms with Gasteiger partial charge in [0.25, 0.3) is 5.91 Å². The summed E-state index contributed by atoms with van der Waals surface area (Å²) < 4.78 is 7.64. The Balaban J connectivity index is 1.92. The standard InChI is InChI=1S/C25H24N4O3/c1-3-26-23(31)16-32-21-14-17(2)27-25-24(21)20(30)15-22(28-18-10-6-4-7-11-18)29(25)19-12-8-5-9-13-19/h4-15,28H,3,16H2,1-2H3,(H,26,31). The Morgan fingerprint density at radius 2 is 1.72 bits per heavy atom. The summed E-state index contributed by atoms with van der Waals surface area (Å²) in [5.41, 5.74) is 2.56. The van der Waals surface area contributed by atoms with Crippen molar-refractivity contribution in [1.82, 2.24) is 14.9 Å². The third-order valence-electron chi connectivity index (χ3n) is 4.85. The van der Waals surface area contributed by atoms with Crippen molar-refractivity contribution in [2.75, 3.05) is 18.5 Å². The summed E-state index contributed by atoms with van der Waals surface area (Å²) in [5, 5.41) is 6.34. The molecular formula is C25H24N4O3. The third kappa shape index (κ3) is 4.46. The fourth-order valence-electron chi connectivity index (χ4n) is 3.50. The van der Waals surface area contributed by atoms with Gasteiger partial charge in [-0.3, -0.25) is 14.2 Å². The van der Waals surface area contributed by atoms with Crippen molar-refractivity contribution in [2.45, 2.75) is 13.8 Å². The zero-order valence-corrected chi connectivity index (χ0v) is 18.0. The molecule has 0 unspecified atom stereocenters. The fraction of sp³-hybridized carbons (Fsp3) is 0.160. The Morgan fingerprint density at radius 1 is 1.03 bits per heavy atom. The van der Waals surface area contributed by atoms with Crippen LogP contribution in [0.1, 0.15) is 12.6 Å². The van der Waals surface area contributed by atoms with Gasteiger partial charge >= 0.3 is 0 Å². The van der Waals surface area contributed by atoms with Crippen molar-refractivity contribution in [3.63, 3.8) is 0 Å². The van der Waals surface area contributed by atoms with E-state index in [1.54, 1.807) is 6.07 Å². The van der Waals surface area contributed by atoms with Crippen molar-refractivity contribution < 1.29 is 9.53 Å². The van der Waals surface area contributed by atoms with Gasteiger partial charge in [0, 0.05) is 35.7 Å². The van der Waals surface area contributed by atoms with Crippen molar-refractivity contribution in [2.24, 2.45) is 0 Å². The number of aryl methyl sites for hydroxylation is 1. The van der Waals surface area contributed by atoms with E-state index in [0.29, 0.717) is 34.8 Å². The predicted molar refractivity (Wildman–Crippen MR) is 126 cm³/mol. The Morgan fingerprint density at radius 3 is 2.41 bits per heavy atom. The molecule has 2 aromatic heterocycles. The van der Waals surface area contributed by atoms with Crippen LogP contribution >= 0.6 is 0 Å². The highest BCUT2D eigenvalue weighted by atomic mass is 16.5. The minimum atomic E-state index is -0.249. The molecule has 7 nitrogen and oxygen atoms in total. The molecule has 0 aliphatic heterocycles. The molecule has 0 bridgehead atoms. The maximum absolute atomic E-state index is 13.2. The zero-order valence-electron chi connectivity index (χ0n) is 18.0. The quantitative estimate of drug-likeness (QED) is 0.466. The first-order valence-electron chi connectivity index (χ1n) is 10.4. The van der Waals surface area contributed by atoms with Gasteiger partial charge in [0.2, 0.25) is 0 Å². The van der Waals surface area contributed by atoms with E-state index in [2.05, 4.69) is 15.6 Å². The Bertz CT molecular complexity index is 1300. The van der Waals surface area contributed by atoms with Gasteiger partial charge in [-0.25, -0.2) is 4.98 Å². The number of fused-ring (bicyclic) bond motifs is 1. The lowest BCUT2D eigenvalue weighted by Crippen LogP contribution is -2.28. The summed E-state index contributed by atoms with van der Waals surface area (Å²) in [4.78, 5) is 29.8. The number of para-hydroxylation sites is 2. The summed E-state index contributed by atoms with van der Waals surface area (Å²) in [6, 6.07) is 22.5. The highest BCUT2D eigenvalue weighted by Gasteiger charge is 2.18. The molecule has 1 amide bonds. The number of likely N-dealkylation sites (N-methyl/N-ethyl adjacent to an activating group) is 1. The monoisotopic (exact) mass is 428 g/mol. The number of carbonyl (C=O) groups excluding carboxylic acids is 1. The molecule has 0 radical (unpaired) electrons. The maximum Gasteiger partial charge on any atom is 0.257 e. The lowest BCUT2D eigenvalue weighted by atomic mass is 10.2. The van der Waals surface area contributed by atoms with Gasteiger partial charge < -0.3 is 15.4 Å². The van der Waals surface area contributed by atoms with Gasteiger partial charge in [-0.15, -0.1) is 0 Å². The topological polar surface area (TPSA) is 85.2 Å². The number of anilines is 2. The van der Waals surface area contributed by atoms with Crippen LogP contribution in [-0.2, 0) is 4.79 Å². The number of benzene rings is 2. The molecule has 0 fully saturated rings. The lowest BCUT2D eigenvalue weighted by Gasteiger charge is -2.19. The first-order chi connectivity index (χ1) is 15.6. The van der Waals surface area contributed by atoms with Crippen molar-refractivity contribution in [3.05, 3.63) is 88.7 Å². The van der Waals surface area contributed by atoms with Crippen LogP contribution in [0.3, 0.4) is 0 Å². The molecule has 4 rings (SSSR count). The van der Waals surface area contributed by atoms with Crippen LogP contribution in [0.5, 0.6) is 5.75 Å². The van der Waals surface area contributed by atoms with E-state index in [9.17, 15) is 9.59 Å². The van der Waals surface area contributed by atoms with E-state index in [1.165, 1.54) is 6.07 Å². The van der Waals surface area contributed by atoms with E-state index < -0.39 is 0 Å². The van der Waals surface area contributed by atoms with E-state index >= 15 is 0 Å². The van der Waals surface area contributed by atoms with Crippen LogP contribution in [0.4, 0.5) is 11.5 Å². The number of carbonyl (C=O) groups is 1. The van der Waals surface area contributed by atoms with E-state index in [0.717, 1.165) is 11.4 Å². The van der Waals surface area contributed by atoms with E-state index in [4.69, 9.17) is 4.74 Å². The maximum atomic E-state index is 13.2.